The van der Waals surface area contributed by atoms with Crippen LogP contribution in [0.3, 0.4) is 0 Å². The molecule has 0 aliphatic carbocycles. The highest BCUT2D eigenvalue weighted by atomic mass is 16.4. The molecular weight excluding hydrogens is 276 g/mol. The van der Waals surface area contributed by atoms with Crippen molar-refractivity contribution in [1.29, 1.82) is 0 Å². The van der Waals surface area contributed by atoms with E-state index in [1.54, 1.807) is 24.5 Å². The molecule has 2 heterocycles. The molecule has 0 radical (unpaired) electrons. The number of carboxylic acid groups (broad SMARTS) is 1. The van der Waals surface area contributed by atoms with Gasteiger partial charge >= 0.3 is 11.6 Å². The van der Waals surface area contributed by atoms with Crippen LogP contribution < -0.4 is 10.9 Å². The summed E-state index contributed by atoms with van der Waals surface area (Å²) in [5.74, 6) is -1.31. The van der Waals surface area contributed by atoms with Crippen molar-refractivity contribution in [3.63, 3.8) is 0 Å². The molecule has 1 amide bonds. The molecule has 0 aliphatic heterocycles. The Balaban J connectivity index is 2.11. The third-order valence-electron chi connectivity index (χ3n) is 2.61. The highest BCUT2D eigenvalue weighted by Crippen LogP contribution is 2.17. The van der Waals surface area contributed by atoms with E-state index >= 15 is 0 Å². The average molecular weight is 288 g/mol. The predicted octanol–water partition coefficient (Wildman–Crippen LogP) is 1.51. The third kappa shape index (κ3) is 4.00. The number of amides is 1. The van der Waals surface area contributed by atoms with Gasteiger partial charge in [0.2, 0.25) is 5.91 Å². The van der Waals surface area contributed by atoms with Crippen molar-refractivity contribution in [3.05, 3.63) is 47.1 Å². The number of pyridine rings is 1. The largest absolute Gasteiger partial charge is 0.481 e. The second-order valence-corrected chi connectivity index (χ2v) is 4.18. The van der Waals surface area contributed by atoms with Gasteiger partial charge in [-0.3, -0.25) is 14.6 Å². The number of carboxylic acids is 1. The Morgan fingerprint density at radius 1 is 1.24 bits per heavy atom. The van der Waals surface area contributed by atoms with Crippen molar-refractivity contribution in [1.82, 2.24) is 4.98 Å². The molecule has 2 aromatic heterocycles. The minimum Gasteiger partial charge on any atom is -0.481 e. The fourth-order valence-electron chi connectivity index (χ4n) is 1.61. The number of hydrogen-bond donors (Lipinski definition) is 2. The Labute approximate surface area is 119 Å². The van der Waals surface area contributed by atoms with Crippen molar-refractivity contribution in [3.8, 4) is 11.3 Å². The van der Waals surface area contributed by atoms with E-state index in [4.69, 9.17) is 9.52 Å². The summed E-state index contributed by atoms with van der Waals surface area (Å²) in [4.78, 5) is 37.5. The molecule has 0 atom stereocenters. The minimum absolute atomic E-state index is 0.0296. The molecule has 0 unspecified atom stereocenters. The smallest absolute Gasteiger partial charge is 0.360 e. The molecule has 0 aromatic carbocycles. The number of rotatable bonds is 5. The summed E-state index contributed by atoms with van der Waals surface area (Å²) in [6, 6.07) is 6.38. The summed E-state index contributed by atoms with van der Waals surface area (Å²) in [6.45, 7) is 0. The fraction of sp³-hybridized carbons (Fsp3) is 0.143. The number of carbonyl (C=O) groups excluding carboxylic acids is 1. The SMILES string of the molecule is O=C(O)CCC(=O)Nc1ccc(-c2cccnc2)oc1=O. The Kier molecular flexibility index (Phi) is 4.45. The fourth-order valence-corrected chi connectivity index (χ4v) is 1.61. The highest BCUT2D eigenvalue weighted by molar-refractivity contribution is 5.92. The molecule has 0 aliphatic rings. The molecule has 0 fully saturated rings. The standard InChI is InChI=1S/C14H12N2O5/c17-12(5-6-13(18)19)16-10-3-4-11(21-14(10)20)9-2-1-7-15-8-9/h1-4,7-8H,5-6H2,(H,16,17)(H,18,19). The van der Waals surface area contributed by atoms with Crippen LogP contribution in [0.5, 0.6) is 0 Å². The van der Waals surface area contributed by atoms with Crippen LogP contribution >= 0.6 is 0 Å². The maximum absolute atomic E-state index is 11.8. The van der Waals surface area contributed by atoms with E-state index in [0.717, 1.165) is 0 Å². The number of nitrogens with zero attached hydrogens (tertiary/aromatic N) is 1. The first-order chi connectivity index (χ1) is 10.1. The van der Waals surface area contributed by atoms with Crippen LogP contribution in [0.1, 0.15) is 12.8 Å². The monoisotopic (exact) mass is 288 g/mol. The Hall–Kier alpha value is -2.96. The second-order valence-electron chi connectivity index (χ2n) is 4.18. The molecule has 2 aromatic rings. The van der Waals surface area contributed by atoms with Gasteiger partial charge in [0.25, 0.3) is 0 Å². The first-order valence-corrected chi connectivity index (χ1v) is 6.12. The Bertz CT molecular complexity index is 709. The van der Waals surface area contributed by atoms with Gasteiger partial charge < -0.3 is 14.8 Å². The van der Waals surface area contributed by atoms with Crippen molar-refractivity contribution in [2.75, 3.05) is 5.32 Å². The van der Waals surface area contributed by atoms with Crippen LogP contribution in [0, 0.1) is 0 Å². The lowest BCUT2D eigenvalue weighted by Gasteiger charge is -2.04. The van der Waals surface area contributed by atoms with Gasteiger partial charge in [-0.1, -0.05) is 0 Å². The van der Waals surface area contributed by atoms with Crippen LogP contribution in [0.4, 0.5) is 5.69 Å². The van der Waals surface area contributed by atoms with Crippen LogP contribution in [0.25, 0.3) is 11.3 Å². The summed E-state index contributed by atoms with van der Waals surface area (Å²) in [6.07, 6.45) is 2.63. The van der Waals surface area contributed by atoms with Gasteiger partial charge in [-0.25, -0.2) is 4.79 Å². The zero-order valence-corrected chi connectivity index (χ0v) is 10.9. The van der Waals surface area contributed by atoms with E-state index in [9.17, 15) is 14.4 Å². The van der Waals surface area contributed by atoms with E-state index in [2.05, 4.69) is 10.3 Å². The molecule has 0 spiro atoms. The van der Waals surface area contributed by atoms with Crippen molar-refractivity contribution >= 4 is 17.6 Å². The highest BCUT2D eigenvalue weighted by Gasteiger charge is 2.10. The van der Waals surface area contributed by atoms with Crippen LogP contribution in [0.2, 0.25) is 0 Å². The molecule has 0 saturated carbocycles. The number of aliphatic carboxylic acids is 1. The van der Waals surface area contributed by atoms with Gasteiger partial charge in [0.05, 0.1) is 6.42 Å². The van der Waals surface area contributed by atoms with Gasteiger partial charge in [0, 0.05) is 24.4 Å². The molecule has 7 heteroatoms. The van der Waals surface area contributed by atoms with E-state index < -0.39 is 17.5 Å². The molecule has 2 N–H and O–H groups in total. The summed E-state index contributed by atoms with van der Waals surface area (Å²) in [5.41, 5.74) is -0.101. The van der Waals surface area contributed by atoms with Crippen LogP contribution in [0.15, 0.2) is 45.9 Å². The first kappa shape index (κ1) is 14.4. The van der Waals surface area contributed by atoms with Gasteiger partial charge in [-0.05, 0) is 24.3 Å². The molecule has 0 saturated heterocycles. The summed E-state index contributed by atoms with van der Waals surface area (Å²) in [5, 5.41) is 10.8. The number of nitrogens with one attached hydrogen (secondary N) is 1. The third-order valence-corrected chi connectivity index (χ3v) is 2.61. The Morgan fingerprint density at radius 3 is 2.67 bits per heavy atom. The lowest BCUT2D eigenvalue weighted by Crippen LogP contribution is -2.18. The molecule has 21 heavy (non-hydrogen) atoms. The molecule has 2 rings (SSSR count). The van der Waals surface area contributed by atoms with Crippen molar-refractivity contribution in [2.24, 2.45) is 0 Å². The van der Waals surface area contributed by atoms with Gasteiger partial charge in [0.15, 0.2) is 0 Å². The molecule has 0 bridgehead atoms. The van der Waals surface area contributed by atoms with Crippen LogP contribution in [-0.4, -0.2) is 22.0 Å². The van der Waals surface area contributed by atoms with E-state index in [1.165, 1.54) is 12.1 Å². The predicted molar refractivity (Wildman–Crippen MR) is 73.7 cm³/mol. The van der Waals surface area contributed by atoms with Crippen LogP contribution in [-0.2, 0) is 9.59 Å². The number of hydrogen-bond acceptors (Lipinski definition) is 5. The number of carbonyl (C=O) groups is 2. The lowest BCUT2D eigenvalue weighted by atomic mass is 10.2. The zero-order chi connectivity index (χ0) is 15.2. The summed E-state index contributed by atoms with van der Waals surface area (Å²) < 4.78 is 5.09. The summed E-state index contributed by atoms with van der Waals surface area (Å²) in [7, 11) is 0. The Morgan fingerprint density at radius 2 is 2.05 bits per heavy atom. The topological polar surface area (TPSA) is 110 Å². The molecule has 7 nitrogen and oxygen atoms in total. The molecular formula is C14H12N2O5. The average Bonchev–Trinajstić information content (AvgIpc) is 2.48. The second kappa shape index (κ2) is 6.47. The van der Waals surface area contributed by atoms with E-state index in [-0.39, 0.29) is 18.5 Å². The maximum atomic E-state index is 11.8. The van der Waals surface area contributed by atoms with Gasteiger partial charge in [-0.15, -0.1) is 0 Å². The minimum atomic E-state index is -1.08. The van der Waals surface area contributed by atoms with Crippen molar-refractivity contribution in [2.45, 2.75) is 12.8 Å². The van der Waals surface area contributed by atoms with E-state index in [1.807, 2.05) is 0 Å². The summed E-state index contributed by atoms with van der Waals surface area (Å²) >= 11 is 0. The van der Waals surface area contributed by atoms with E-state index in [0.29, 0.717) is 11.3 Å². The quantitative estimate of drug-likeness (QED) is 0.862. The van der Waals surface area contributed by atoms with Gasteiger partial charge in [0.1, 0.15) is 11.4 Å². The zero-order valence-electron chi connectivity index (χ0n) is 10.9. The number of anilines is 1. The van der Waals surface area contributed by atoms with Crippen molar-refractivity contribution < 1.29 is 19.1 Å². The normalized spacial score (nSPS) is 10.1. The maximum Gasteiger partial charge on any atom is 0.360 e. The van der Waals surface area contributed by atoms with Gasteiger partial charge in [-0.2, -0.15) is 0 Å². The first-order valence-electron chi connectivity index (χ1n) is 6.12. The molecule has 108 valence electrons. The number of aromatic nitrogens is 1. The lowest BCUT2D eigenvalue weighted by molar-refractivity contribution is -0.138.